The molecule has 3 aromatic rings. The van der Waals surface area contributed by atoms with Crippen LogP contribution in [0.1, 0.15) is 38.8 Å². The Labute approximate surface area is 164 Å². The van der Waals surface area contributed by atoms with Crippen LogP contribution >= 0.6 is 11.6 Å². The monoisotopic (exact) mass is 376 g/mol. The molecule has 0 saturated carbocycles. The van der Waals surface area contributed by atoms with Gasteiger partial charge < -0.3 is 10.2 Å². The van der Waals surface area contributed by atoms with Crippen LogP contribution in [0.5, 0.6) is 0 Å². The van der Waals surface area contributed by atoms with Gasteiger partial charge in [-0.15, -0.1) is 0 Å². The molecule has 3 nitrogen and oxygen atoms in total. The van der Waals surface area contributed by atoms with Gasteiger partial charge in [-0.3, -0.25) is 4.79 Å². The molecule has 1 aliphatic rings. The first-order valence-corrected chi connectivity index (χ1v) is 9.40. The van der Waals surface area contributed by atoms with Crippen molar-refractivity contribution in [2.45, 2.75) is 26.6 Å². The number of nitrogens with one attached hydrogen (secondary N) is 1. The topological polar surface area (TPSA) is 32.3 Å². The number of carbonyl (C=O) groups is 1. The first kappa shape index (κ1) is 17.6. The molecule has 3 aromatic carbocycles. The summed E-state index contributed by atoms with van der Waals surface area (Å²) in [6, 6.07) is 21.7. The molecular formula is C23H21ClN2O. The van der Waals surface area contributed by atoms with Crippen LogP contribution in [-0.2, 0) is 6.54 Å². The second-order valence-corrected chi connectivity index (χ2v) is 7.33. The van der Waals surface area contributed by atoms with E-state index in [9.17, 15) is 4.79 Å². The lowest BCUT2D eigenvalue weighted by Gasteiger charge is -2.29. The number of nitrogens with zero attached hydrogens (tertiary/aromatic N) is 1. The maximum absolute atomic E-state index is 13.1. The summed E-state index contributed by atoms with van der Waals surface area (Å²) in [5.41, 5.74) is 6.06. The van der Waals surface area contributed by atoms with Crippen LogP contribution in [0.4, 0.5) is 5.69 Å². The third-order valence-electron chi connectivity index (χ3n) is 5.12. The number of benzene rings is 3. The molecule has 0 unspecified atom stereocenters. The van der Waals surface area contributed by atoms with Gasteiger partial charge in [-0.1, -0.05) is 66.2 Å². The molecule has 1 heterocycles. The predicted octanol–water partition coefficient (Wildman–Crippen LogP) is 5.72. The molecule has 27 heavy (non-hydrogen) atoms. The van der Waals surface area contributed by atoms with Crippen molar-refractivity contribution in [1.29, 1.82) is 0 Å². The molecule has 0 saturated heterocycles. The van der Waals surface area contributed by atoms with E-state index >= 15 is 0 Å². The normalized spacial score (nSPS) is 15.7. The van der Waals surface area contributed by atoms with E-state index < -0.39 is 0 Å². The predicted molar refractivity (Wildman–Crippen MR) is 110 cm³/mol. The van der Waals surface area contributed by atoms with Crippen molar-refractivity contribution in [3.8, 4) is 0 Å². The highest BCUT2D eigenvalue weighted by atomic mass is 35.5. The van der Waals surface area contributed by atoms with E-state index in [0.29, 0.717) is 11.6 Å². The Morgan fingerprint density at radius 3 is 2.33 bits per heavy atom. The molecule has 0 bridgehead atoms. The second-order valence-electron chi connectivity index (χ2n) is 6.93. The van der Waals surface area contributed by atoms with E-state index in [1.165, 1.54) is 0 Å². The van der Waals surface area contributed by atoms with Crippen molar-refractivity contribution in [2.75, 3.05) is 5.32 Å². The van der Waals surface area contributed by atoms with E-state index in [4.69, 9.17) is 11.6 Å². The highest BCUT2D eigenvalue weighted by Gasteiger charge is 2.37. The maximum Gasteiger partial charge on any atom is 0.256 e. The van der Waals surface area contributed by atoms with Gasteiger partial charge in [0.1, 0.15) is 6.17 Å². The van der Waals surface area contributed by atoms with Gasteiger partial charge >= 0.3 is 0 Å². The van der Waals surface area contributed by atoms with Crippen molar-refractivity contribution >= 4 is 23.2 Å². The van der Waals surface area contributed by atoms with Crippen LogP contribution < -0.4 is 5.32 Å². The molecule has 1 atom stereocenters. The van der Waals surface area contributed by atoms with Gasteiger partial charge in [0, 0.05) is 28.4 Å². The Hall–Kier alpha value is -2.78. The highest BCUT2D eigenvalue weighted by Crippen LogP contribution is 2.37. The Balaban J connectivity index is 1.75. The van der Waals surface area contributed by atoms with Gasteiger partial charge in [0.05, 0.1) is 0 Å². The summed E-state index contributed by atoms with van der Waals surface area (Å²) in [5.74, 6) is 0.0225. The molecule has 4 rings (SSSR count). The minimum absolute atomic E-state index is 0.0225. The van der Waals surface area contributed by atoms with Gasteiger partial charge in [0.15, 0.2) is 0 Å². The Morgan fingerprint density at radius 2 is 1.59 bits per heavy atom. The van der Waals surface area contributed by atoms with Crippen LogP contribution in [-0.4, -0.2) is 10.8 Å². The summed E-state index contributed by atoms with van der Waals surface area (Å²) in [5, 5.41) is 4.29. The third-order valence-corrected chi connectivity index (χ3v) is 5.49. The number of amides is 1. The summed E-state index contributed by atoms with van der Waals surface area (Å²) in [6.07, 6.45) is -0.232. The standard InChI is InChI=1S/C23H21ClN2O/c1-15-8-7-9-16(2)21(15)25-22-18-11-4-5-12-19(18)23(27)26(22)14-17-10-3-6-13-20(17)24/h3-13,22,25H,14H2,1-2H3/t22-/m1/s1. The van der Waals surface area contributed by atoms with Gasteiger partial charge in [-0.2, -0.15) is 0 Å². The molecule has 0 spiro atoms. The molecule has 1 aliphatic heterocycles. The molecule has 1 amide bonds. The van der Waals surface area contributed by atoms with E-state index in [1.54, 1.807) is 0 Å². The van der Waals surface area contributed by atoms with E-state index in [0.717, 1.165) is 33.5 Å². The Morgan fingerprint density at radius 1 is 0.926 bits per heavy atom. The molecule has 0 fully saturated rings. The van der Waals surface area contributed by atoms with E-state index in [2.05, 4.69) is 31.3 Å². The third kappa shape index (κ3) is 3.19. The van der Waals surface area contributed by atoms with Crippen molar-refractivity contribution in [1.82, 2.24) is 4.90 Å². The van der Waals surface area contributed by atoms with E-state index in [-0.39, 0.29) is 12.1 Å². The number of hydrogen-bond acceptors (Lipinski definition) is 2. The number of rotatable bonds is 4. The average molecular weight is 377 g/mol. The van der Waals surface area contributed by atoms with Gasteiger partial charge in [-0.05, 0) is 42.7 Å². The number of para-hydroxylation sites is 1. The van der Waals surface area contributed by atoms with Crippen LogP contribution in [0.15, 0.2) is 66.7 Å². The fourth-order valence-corrected chi connectivity index (χ4v) is 3.87. The molecule has 1 N–H and O–H groups in total. The number of fused-ring (bicyclic) bond motifs is 1. The van der Waals surface area contributed by atoms with Gasteiger partial charge in [0.2, 0.25) is 0 Å². The number of hydrogen-bond donors (Lipinski definition) is 1. The van der Waals surface area contributed by atoms with Crippen LogP contribution in [0, 0.1) is 13.8 Å². The lowest BCUT2D eigenvalue weighted by molar-refractivity contribution is 0.0728. The average Bonchev–Trinajstić information content (AvgIpc) is 2.92. The zero-order valence-corrected chi connectivity index (χ0v) is 16.1. The van der Waals surface area contributed by atoms with Crippen LogP contribution in [0.3, 0.4) is 0 Å². The quantitative estimate of drug-likeness (QED) is 0.631. The number of carbonyl (C=O) groups excluding carboxylic acids is 1. The van der Waals surface area contributed by atoms with Crippen molar-refractivity contribution in [3.63, 3.8) is 0 Å². The summed E-state index contributed by atoms with van der Waals surface area (Å²) in [4.78, 5) is 15.0. The Kier molecular flexibility index (Phi) is 4.63. The van der Waals surface area contributed by atoms with Gasteiger partial charge in [0.25, 0.3) is 5.91 Å². The SMILES string of the molecule is Cc1cccc(C)c1N[C@H]1c2ccccc2C(=O)N1Cc1ccccc1Cl. The summed E-state index contributed by atoms with van der Waals surface area (Å²) >= 11 is 6.36. The smallest absolute Gasteiger partial charge is 0.256 e. The lowest BCUT2D eigenvalue weighted by Crippen LogP contribution is -2.32. The zero-order chi connectivity index (χ0) is 19.0. The summed E-state index contributed by atoms with van der Waals surface area (Å²) in [7, 11) is 0. The fourth-order valence-electron chi connectivity index (χ4n) is 3.68. The maximum atomic E-state index is 13.1. The number of anilines is 1. The molecule has 0 aliphatic carbocycles. The minimum Gasteiger partial charge on any atom is -0.361 e. The van der Waals surface area contributed by atoms with Crippen LogP contribution in [0.25, 0.3) is 0 Å². The summed E-state index contributed by atoms with van der Waals surface area (Å²) in [6.45, 7) is 4.61. The fraction of sp³-hybridized carbons (Fsp3) is 0.174. The van der Waals surface area contributed by atoms with E-state index in [1.807, 2.05) is 59.5 Å². The first-order chi connectivity index (χ1) is 13.1. The van der Waals surface area contributed by atoms with Crippen LogP contribution in [0.2, 0.25) is 5.02 Å². The van der Waals surface area contributed by atoms with Gasteiger partial charge in [-0.25, -0.2) is 0 Å². The largest absolute Gasteiger partial charge is 0.361 e. The van der Waals surface area contributed by atoms with Crippen molar-refractivity contribution in [2.24, 2.45) is 0 Å². The number of aryl methyl sites for hydroxylation is 2. The first-order valence-electron chi connectivity index (χ1n) is 9.02. The van der Waals surface area contributed by atoms with Crippen molar-refractivity contribution in [3.05, 3.63) is 99.6 Å². The zero-order valence-electron chi connectivity index (χ0n) is 15.4. The molecule has 4 heteroatoms. The molecule has 0 aromatic heterocycles. The second kappa shape index (κ2) is 7.09. The lowest BCUT2D eigenvalue weighted by atomic mass is 10.1. The Bertz CT molecular complexity index is 995. The molecule has 136 valence electrons. The minimum atomic E-state index is -0.232. The summed E-state index contributed by atoms with van der Waals surface area (Å²) < 4.78 is 0. The highest BCUT2D eigenvalue weighted by molar-refractivity contribution is 6.31. The van der Waals surface area contributed by atoms with Crippen molar-refractivity contribution < 1.29 is 4.79 Å². The molecular weight excluding hydrogens is 356 g/mol. The number of halogens is 1. The molecule has 0 radical (unpaired) electrons.